The van der Waals surface area contributed by atoms with E-state index in [4.69, 9.17) is 0 Å². The number of rotatable bonds is 6. The highest BCUT2D eigenvalue weighted by atomic mass is 15.1. The predicted molar refractivity (Wildman–Crippen MR) is 133 cm³/mol. The first-order valence-corrected chi connectivity index (χ1v) is 11.8. The zero-order valence-corrected chi connectivity index (χ0v) is 18.4. The highest BCUT2D eigenvalue weighted by molar-refractivity contribution is 5.56. The van der Waals surface area contributed by atoms with Gasteiger partial charge in [-0.25, -0.2) is 0 Å². The second-order valence-electron chi connectivity index (χ2n) is 9.41. The fourth-order valence-corrected chi connectivity index (χ4v) is 5.79. The van der Waals surface area contributed by atoms with E-state index in [2.05, 4.69) is 114 Å². The van der Waals surface area contributed by atoms with Crippen LogP contribution in [0.1, 0.15) is 17.5 Å². The van der Waals surface area contributed by atoms with Gasteiger partial charge in [0, 0.05) is 37.4 Å². The summed E-state index contributed by atoms with van der Waals surface area (Å²) in [5.74, 6) is 1.52. The molecule has 0 aromatic heterocycles. The second-order valence-corrected chi connectivity index (χ2v) is 9.41. The van der Waals surface area contributed by atoms with Crippen LogP contribution < -0.4 is 0 Å². The van der Waals surface area contributed by atoms with E-state index in [-0.39, 0.29) is 0 Å². The van der Waals surface area contributed by atoms with Crippen molar-refractivity contribution in [2.75, 3.05) is 6.54 Å². The normalized spacial score (nSPS) is 25.0. The summed E-state index contributed by atoms with van der Waals surface area (Å²) in [6.45, 7) is 2.88. The van der Waals surface area contributed by atoms with E-state index >= 15 is 0 Å². The molecule has 3 atom stereocenters. The van der Waals surface area contributed by atoms with Crippen LogP contribution in [-0.4, -0.2) is 11.4 Å². The maximum Gasteiger partial charge on any atom is 0.0240 e. The van der Waals surface area contributed by atoms with Gasteiger partial charge in [-0.3, -0.25) is 4.90 Å². The molecular formula is C31H29N. The molecule has 6 rings (SSSR count). The fourth-order valence-electron chi connectivity index (χ4n) is 5.79. The highest BCUT2D eigenvalue weighted by Crippen LogP contribution is 2.49. The van der Waals surface area contributed by atoms with Crippen molar-refractivity contribution in [2.45, 2.75) is 19.5 Å². The number of hydrogen-bond acceptors (Lipinski definition) is 1. The third-order valence-electron chi connectivity index (χ3n) is 7.17. The lowest BCUT2D eigenvalue weighted by atomic mass is 9.63. The molecule has 32 heavy (non-hydrogen) atoms. The first-order valence-electron chi connectivity index (χ1n) is 11.8. The van der Waals surface area contributed by atoms with Gasteiger partial charge in [0.15, 0.2) is 0 Å². The van der Waals surface area contributed by atoms with Crippen molar-refractivity contribution in [3.8, 4) is 0 Å². The minimum Gasteiger partial charge on any atom is -0.291 e. The van der Waals surface area contributed by atoms with Crippen molar-refractivity contribution in [3.63, 3.8) is 0 Å². The molecule has 4 aliphatic rings. The van der Waals surface area contributed by atoms with Crippen molar-refractivity contribution in [3.05, 3.63) is 143 Å². The Morgan fingerprint density at radius 2 is 1.47 bits per heavy atom. The van der Waals surface area contributed by atoms with Gasteiger partial charge < -0.3 is 0 Å². The maximum atomic E-state index is 2.57. The maximum absolute atomic E-state index is 2.57. The molecule has 0 N–H and O–H groups in total. The Labute approximate surface area is 191 Å². The lowest BCUT2D eigenvalue weighted by Gasteiger charge is -2.41. The summed E-state index contributed by atoms with van der Waals surface area (Å²) in [5.41, 5.74) is 8.86. The molecule has 3 unspecified atom stereocenters. The highest BCUT2D eigenvalue weighted by Gasteiger charge is 2.37. The summed E-state index contributed by atoms with van der Waals surface area (Å²) in [6.07, 6.45) is 20.5. The monoisotopic (exact) mass is 415 g/mol. The summed E-state index contributed by atoms with van der Waals surface area (Å²) < 4.78 is 0. The third-order valence-corrected chi connectivity index (χ3v) is 7.17. The summed E-state index contributed by atoms with van der Waals surface area (Å²) in [4.78, 5) is 2.57. The van der Waals surface area contributed by atoms with Crippen LogP contribution in [0.2, 0.25) is 0 Å². The van der Waals surface area contributed by atoms with Gasteiger partial charge in [0.2, 0.25) is 0 Å². The third kappa shape index (κ3) is 3.78. The van der Waals surface area contributed by atoms with Gasteiger partial charge in [-0.15, -0.1) is 0 Å². The predicted octanol–water partition coefficient (Wildman–Crippen LogP) is 6.80. The van der Waals surface area contributed by atoms with Crippen molar-refractivity contribution in [2.24, 2.45) is 17.8 Å². The van der Waals surface area contributed by atoms with Crippen LogP contribution in [0.5, 0.6) is 0 Å². The molecule has 1 nitrogen and oxygen atoms in total. The largest absolute Gasteiger partial charge is 0.291 e. The number of nitrogens with zero attached hydrogens (tertiary/aromatic N) is 1. The quantitative estimate of drug-likeness (QED) is 0.469. The van der Waals surface area contributed by atoms with E-state index < -0.39 is 0 Å². The molecule has 0 spiro atoms. The molecule has 0 heterocycles. The van der Waals surface area contributed by atoms with E-state index in [1.807, 2.05) is 0 Å². The lowest BCUT2D eigenvalue weighted by molar-refractivity contribution is 0.280. The smallest absolute Gasteiger partial charge is 0.0240 e. The van der Waals surface area contributed by atoms with Crippen molar-refractivity contribution < 1.29 is 0 Å². The molecule has 0 saturated carbocycles. The summed E-state index contributed by atoms with van der Waals surface area (Å²) in [6, 6.07) is 21.7. The standard InChI is InChI=1S/C31H29N/c1-3-8-23(9-4-1)20-32(21-24-10-5-2-6-11-24)22-25-18-28-16-14-26-12-7-13-27-15-17-29(19-25)31(28)30(26)27/h1-12,14-19,26,28,31H,13,20-22H2. The molecule has 0 fully saturated rings. The summed E-state index contributed by atoms with van der Waals surface area (Å²) in [7, 11) is 0. The summed E-state index contributed by atoms with van der Waals surface area (Å²) in [5, 5.41) is 0. The lowest BCUT2D eigenvalue weighted by Crippen LogP contribution is -2.31. The van der Waals surface area contributed by atoms with E-state index in [0.717, 1.165) is 26.1 Å². The first kappa shape index (κ1) is 19.5. The number of allylic oxidation sites excluding steroid dienone is 10. The Morgan fingerprint density at radius 3 is 2.19 bits per heavy atom. The van der Waals surface area contributed by atoms with Crippen LogP contribution in [0.25, 0.3) is 0 Å². The second kappa shape index (κ2) is 8.41. The minimum absolute atomic E-state index is 0.484. The van der Waals surface area contributed by atoms with Crippen LogP contribution in [0, 0.1) is 17.8 Å². The molecule has 2 aromatic rings. The SMILES string of the molecule is C1=CC2C=CC3C=C(CN(Cc4ccccc4)Cc4ccccc4)C=C4C=CC(=C2C43)C1. The molecule has 0 bridgehead atoms. The summed E-state index contributed by atoms with van der Waals surface area (Å²) >= 11 is 0. The average molecular weight is 416 g/mol. The molecule has 4 aliphatic carbocycles. The zero-order chi connectivity index (χ0) is 21.3. The van der Waals surface area contributed by atoms with Gasteiger partial charge in [-0.2, -0.15) is 0 Å². The van der Waals surface area contributed by atoms with Gasteiger partial charge in [0.05, 0.1) is 0 Å². The van der Waals surface area contributed by atoms with Crippen LogP contribution in [0.3, 0.4) is 0 Å². The Bertz CT molecular complexity index is 1130. The number of benzene rings is 2. The average Bonchev–Trinajstić information content (AvgIpc) is 2.84. The van der Waals surface area contributed by atoms with Crippen molar-refractivity contribution >= 4 is 0 Å². The molecule has 0 amide bonds. The Morgan fingerprint density at radius 1 is 0.750 bits per heavy atom. The van der Waals surface area contributed by atoms with Gasteiger partial charge in [0.25, 0.3) is 0 Å². The minimum atomic E-state index is 0.484. The van der Waals surface area contributed by atoms with Crippen LogP contribution in [0.15, 0.2) is 132 Å². The van der Waals surface area contributed by atoms with Crippen LogP contribution >= 0.6 is 0 Å². The molecule has 0 saturated heterocycles. The first-order chi connectivity index (χ1) is 15.8. The van der Waals surface area contributed by atoms with Crippen LogP contribution in [0.4, 0.5) is 0 Å². The Kier molecular flexibility index (Phi) is 5.13. The molecule has 158 valence electrons. The fraction of sp³-hybridized carbons (Fsp3) is 0.226. The van der Waals surface area contributed by atoms with Gasteiger partial charge in [-0.1, -0.05) is 109 Å². The van der Waals surface area contributed by atoms with Gasteiger partial charge >= 0.3 is 0 Å². The zero-order valence-electron chi connectivity index (χ0n) is 18.4. The van der Waals surface area contributed by atoms with Crippen LogP contribution in [-0.2, 0) is 13.1 Å². The van der Waals surface area contributed by atoms with E-state index in [0.29, 0.717) is 17.8 Å². The van der Waals surface area contributed by atoms with Gasteiger partial charge in [0.1, 0.15) is 0 Å². The molecular weight excluding hydrogens is 386 g/mol. The Balaban J connectivity index is 1.29. The van der Waals surface area contributed by atoms with E-state index in [1.54, 1.807) is 11.1 Å². The van der Waals surface area contributed by atoms with Gasteiger partial charge in [-0.05, 0) is 39.8 Å². The number of hydrogen-bond donors (Lipinski definition) is 0. The Hall–Kier alpha value is -3.16. The van der Waals surface area contributed by atoms with Crippen molar-refractivity contribution in [1.29, 1.82) is 0 Å². The van der Waals surface area contributed by atoms with E-state index in [9.17, 15) is 0 Å². The molecule has 0 aliphatic heterocycles. The van der Waals surface area contributed by atoms with E-state index in [1.165, 1.54) is 22.3 Å². The topological polar surface area (TPSA) is 3.24 Å². The van der Waals surface area contributed by atoms with Crippen molar-refractivity contribution in [1.82, 2.24) is 4.90 Å². The molecule has 1 heteroatoms. The molecule has 2 aromatic carbocycles. The molecule has 0 radical (unpaired) electrons.